The normalized spacial score (nSPS) is 11.8. The summed E-state index contributed by atoms with van der Waals surface area (Å²) < 4.78 is 9.81. The van der Waals surface area contributed by atoms with Crippen molar-refractivity contribution in [3.8, 4) is 0 Å². The molecule has 0 aliphatic rings. The van der Waals surface area contributed by atoms with Crippen LogP contribution in [0.25, 0.3) is 0 Å². The maximum atomic E-state index is 12.2. The highest BCUT2D eigenvalue weighted by atomic mass is 16.5. The molecule has 1 aromatic heterocycles. The van der Waals surface area contributed by atoms with Gasteiger partial charge < -0.3 is 14.5 Å². The van der Waals surface area contributed by atoms with Crippen molar-refractivity contribution in [1.29, 1.82) is 0 Å². The van der Waals surface area contributed by atoms with E-state index in [4.69, 9.17) is 9.47 Å². The Bertz CT molecular complexity index is 544. The molecular formula is C14H19NO5. The van der Waals surface area contributed by atoms with Crippen LogP contribution in [0.4, 0.5) is 0 Å². The van der Waals surface area contributed by atoms with Gasteiger partial charge in [-0.1, -0.05) is 0 Å². The number of esters is 2. The minimum absolute atomic E-state index is 0.260. The average molecular weight is 281 g/mol. The Balaban J connectivity index is 3.09. The first-order valence-electron chi connectivity index (χ1n) is 6.37. The molecule has 0 spiro atoms. The molecule has 20 heavy (non-hydrogen) atoms. The molecule has 1 heterocycles. The summed E-state index contributed by atoms with van der Waals surface area (Å²) in [6.07, 6.45) is -0.903. The Morgan fingerprint density at radius 2 is 1.85 bits per heavy atom. The number of carbonyl (C=O) groups excluding carboxylic acids is 3. The van der Waals surface area contributed by atoms with Crippen molar-refractivity contribution in [3.63, 3.8) is 0 Å². The summed E-state index contributed by atoms with van der Waals surface area (Å²) in [7, 11) is 0. The Labute approximate surface area is 117 Å². The predicted molar refractivity (Wildman–Crippen MR) is 71.8 cm³/mol. The van der Waals surface area contributed by atoms with Crippen LogP contribution in [0.1, 0.15) is 52.9 Å². The first-order valence-corrected chi connectivity index (χ1v) is 6.37. The van der Waals surface area contributed by atoms with Crippen molar-refractivity contribution in [2.24, 2.45) is 0 Å². The molecule has 1 rings (SSSR count). The lowest BCUT2D eigenvalue weighted by atomic mass is 10.1. The van der Waals surface area contributed by atoms with Crippen LogP contribution in [0.3, 0.4) is 0 Å². The first-order chi connectivity index (χ1) is 9.29. The fourth-order valence-electron chi connectivity index (χ4n) is 2.01. The smallest absolute Gasteiger partial charge is 0.340 e. The third-order valence-electron chi connectivity index (χ3n) is 2.88. The lowest BCUT2D eigenvalue weighted by Gasteiger charge is -2.10. The molecule has 0 aliphatic carbocycles. The second-order valence-corrected chi connectivity index (χ2v) is 4.46. The molecule has 6 nitrogen and oxygen atoms in total. The monoisotopic (exact) mass is 281 g/mol. The van der Waals surface area contributed by atoms with Crippen LogP contribution in [0.15, 0.2) is 0 Å². The van der Waals surface area contributed by atoms with Gasteiger partial charge >= 0.3 is 11.9 Å². The lowest BCUT2D eigenvalue weighted by molar-refractivity contribution is -0.143. The molecule has 1 atom stereocenters. The Morgan fingerprint density at radius 3 is 2.35 bits per heavy atom. The standard InChI is InChI=1S/C14H19NO5/c1-6-19-14(18)11-7(2)12(15-8(11)3)13(17)9(4)20-10(5)16/h9,15H,6H2,1-5H3/t9-/m0/s1. The van der Waals surface area contributed by atoms with Crippen LogP contribution in [-0.2, 0) is 14.3 Å². The Kier molecular flexibility index (Phi) is 5.07. The molecule has 0 amide bonds. The van der Waals surface area contributed by atoms with E-state index in [0.29, 0.717) is 16.8 Å². The van der Waals surface area contributed by atoms with Gasteiger partial charge in [-0.05, 0) is 33.3 Å². The molecule has 0 unspecified atom stereocenters. The number of nitrogens with one attached hydrogen (secondary N) is 1. The molecule has 0 radical (unpaired) electrons. The number of hydrogen-bond acceptors (Lipinski definition) is 5. The third-order valence-corrected chi connectivity index (χ3v) is 2.88. The molecule has 0 saturated heterocycles. The van der Waals surface area contributed by atoms with E-state index in [1.54, 1.807) is 20.8 Å². The lowest BCUT2D eigenvalue weighted by Crippen LogP contribution is -2.24. The van der Waals surface area contributed by atoms with Crippen molar-refractivity contribution in [1.82, 2.24) is 4.98 Å². The minimum atomic E-state index is -0.903. The van der Waals surface area contributed by atoms with Crippen molar-refractivity contribution in [2.75, 3.05) is 6.61 Å². The van der Waals surface area contributed by atoms with Gasteiger partial charge in [-0.25, -0.2) is 4.79 Å². The van der Waals surface area contributed by atoms with E-state index >= 15 is 0 Å². The molecule has 0 bridgehead atoms. The summed E-state index contributed by atoms with van der Waals surface area (Å²) in [6, 6.07) is 0. The van der Waals surface area contributed by atoms with Crippen molar-refractivity contribution in [3.05, 3.63) is 22.5 Å². The molecule has 0 aliphatic heterocycles. The quantitative estimate of drug-likeness (QED) is 0.658. The van der Waals surface area contributed by atoms with E-state index in [-0.39, 0.29) is 18.1 Å². The van der Waals surface area contributed by atoms with E-state index in [1.807, 2.05) is 0 Å². The van der Waals surface area contributed by atoms with Gasteiger partial charge in [0, 0.05) is 12.6 Å². The van der Waals surface area contributed by atoms with Gasteiger partial charge in [0.2, 0.25) is 5.78 Å². The maximum Gasteiger partial charge on any atom is 0.340 e. The summed E-state index contributed by atoms with van der Waals surface area (Å²) in [6.45, 7) is 8.04. The third kappa shape index (κ3) is 3.26. The fourth-order valence-corrected chi connectivity index (χ4v) is 2.01. The number of aryl methyl sites for hydroxylation is 1. The van der Waals surface area contributed by atoms with Gasteiger partial charge in [-0.3, -0.25) is 9.59 Å². The van der Waals surface area contributed by atoms with Crippen molar-refractivity contribution >= 4 is 17.7 Å². The molecular weight excluding hydrogens is 262 g/mol. The number of ketones is 1. The highest BCUT2D eigenvalue weighted by Gasteiger charge is 2.26. The number of carbonyl (C=O) groups is 3. The molecule has 0 aromatic carbocycles. The van der Waals surface area contributed by atoms with Crippen LogP contribution >= 0.6 is 0 Å². The number of aromatic amines is 1. The zero-order chi connectivity index (χ0) is 15.4. The van der Waals surface area contributed by atoms with Gasteiger partial charge in [0.1, 0.15) is 0 Å². The van der Waals surface area contributed by atoms with E-state index in [2.05, 4.69) is 4.98 Å². The summed E-state index contributed by atoms with van der Waals surface area (Å²) in [5.41, 5.74) is 1.67. The second-order valence-electron chi connectivity index (χ2n) is 4.46. The average Bonchev–Trinajstić information content (AvgIpc) is 2.63. The highest BCUT2D eigenvalue weighted by Crippen LogP contribution is 2.21. The van der Waals surface area contributed by atoms with Crippen LogP contribution in [-0.4, -0.2) is 35.4 Å². The largest absolute Gasteiger partial charge is 0.462 e. The van der Waals surface area contributed by atoms with Gasteiger partial charge in [-0.15, -0.1) is 0 Å². The molecule has 0 fully saturated rings. The number of hydrogen-bond donors (Lipinski definition) is 1. The van der Waals surface area contributed by atoms with Gasteiger partial charge in [0.05, 0.1) is 17.9 Å². The molecule has 1 N–H and O–H groups in total. The van der Waals surface area contributed by atoms with E-state index in [1.165, 1.54) is 13.8 Å². The summed E-state index contributed by atoms with van der Waals surface area (Å²) in [4.78, 5) is 37.8. The second kappa shape index (κ2) is 6.36. The van der Waals surface area contributed by atoms with E-state index in [0.717, 1.165) is 0 Å². The Hall–Kier alpha value is -2.11. The highest BCUT2D eigenvalue weighted by molar-refractivity contribution is 6.03. The summed E-state index contributed by atoms with van der Waals surface area (Å²) in [5.74, 6) is -1.38. The SMILES string of the molecule is CCOC(=O)c1c(C)[nH]c(C(=O)[C@H](C)OC(C)=O)c1C. The summed E-state index contributed by atoms with van der Waals surface area (Å²) in [5, 5.41) is 0. The van der Waals surface area contributed by atoms with Crippen LogP contribution < -0.4 is 0 Å². The van der Waals surface area contributed by atoms with Crippen molar-refractivity contribution < 1.29 is 23.9 Å². The van der Waals surface area contributed by atoms with Crippen LogP contribution in [0, 0.1) is 13.8 Å². The topological polar surface area (TPSA) is 85.5 Å². The van der Waals surface area contributed by atoms with Crippen LogP contribution in [0.5, 0.6) is 0 Å². The molecule has 6 heteroatoms. The molecule has 110 valence electrons. The van der Waals surface area contributed by atoms with E-state index < -0.39 is 18.0 Å². The summed E-state index contributed by atoms with van der Waals surface area (Å²) >= 11 is 0. The molecule has 1 aromatic rings. The number of ether oxygens (including phenoxy) is 2. The number of Topliss-reactive ketones (excluding diaryl/α,β-unsaturated/α-hetero) is 1. The fraction of sp³-hybridized carbons (Fsp3) is 0.500. The van der Waals surface area contributed by atoms with E-state index in [9.17, 15) is 14.4 Å². The number of rotatable bonds is 5. The maximum absolute atomic E-state index is 12.2. The minimum Gasteiger partial charge on any atom is -0.462 e. The zero-order valence-electron chi connectivity index (χ0n) is 12.3. The van der Waals surface area contributed by atoms with Crippen molar-refractivity contribution in [2.45, 2.75) is 40.7 Å². The first kappa shape index (κ1) is 15.9. The van der Waals surface area contributed by atoms with Gasteiger partial charge in [0.15, 0.2) is 6.10 Å². The number of aromatic nitrogens is 1. The Morgan fingerprint density at radius 1 is 1.25 bits per heavy atom. The van der Waals surface area contributed by atoms with Gasteiger partial charge in [0.25, 0.3) is 0 Å². The predicted octanol–water partition coefficient (Wildman–Crippen LogP) is 1.94. The zero-order valence-corrected chi connectivity index (χ0v) is 12.3. The van der Waals surface area contributed by atoms with Crippen LogP contribution in [0.2, 0.25) is 0 Å². The molecule has 0 saturated carbocycles. The van der Waals surface area contributed by atoms with Gasteiger partial charge in [-0.2, -0.15) is 0 Å². The number of H-pyrrole nitrogens is 1.